The van der Waals surface area contributed by atoms with Crippen molar-refractivity contribution in [3.63, 3.8) is 0 Å². The molecule has 0 saturated carbocycles. The highest BCUT2D eigenvalue weighted by molar-refractivity contribution is 7.12. The fraction of sp³-hybridized carbons (Fsp3) is 0.333. The van der Waals surface area contributed by atoms with Crippen molar-refractivity contribution in [3.8, 4) is 0 Å². The lowest BCUT2D eigenvalue weighted by Crippen LogP contribution is -2.37. The first-order chi connectivity index (χ1) is 14.1. The number of carbonyl (C=O) groups is 1. The van der Waals surface area contributed by atoms with E-state index in [1.165, 1.54) is 17.4 Å². The van der Waals surface area contributed by atoms with Gasteiger partial charge >= 0.3 is 0 Å². The largest absolute Gasteiger partial charge is 0.376 e. The summed E-state index contributed by atoms with van der Waals surface area (Å²) in [6.07, 6.45) is 5.37. The first-order valence-electron chi connectivity index (χ1n) is 9.48. The molecule has 1 aliphatic heterocycles. The van der Waals surface area contributed by atoms with E-state index in [9.17, 15) is 13.6 Å². The van der Waals surface area contributed by atoms with Crippen molar-refractivity contribution in [2.45, 2.75) is 32.0 Å². The third-order valence-corrected chi connectivity index (χ3v) is 5.80. The maximum Gasteiger partial charge on any atom is 0.264 e. The summed E-state index contributed by atoms with van der Waals surface area (Å²) >= 11 is 1.40. The lowest BCUT2D eigenvalue weighted by molar-refractivity contribution is 0.0502. The number of imidazole rings is 1. The standard InChI is InChI=1S/C21H21F2N3O2S/c22-17-6-5-15(11-18(17)23)12-25-8-7-24-20(25)14-26(13-16-3-1-9-28-16)21(27)19-4-2-10-29-19/h2,4-8,10-11,16H,1,3,9,12-14H2. The number of hydrogen-bond acceptors (Lipinski definition) is 4. The quantitative estimate of drug-likeness (QED) is 0.582. The Bertz CT molecular complexity index is 968. The summed E-state index contributed by atoms with van der Waals surface area (Å²) in [5.74, 6) is -1.13. The van der Waals surface area contributed by atoms with Crippen molar-refractivity contribution in [3.05, 3.63) is 76.0 Å². The summed E-state index contributed by atoms with van der Waals surface area (Å²) in [4.78, 5) is 19.8. The average Bonchev–Trinajstić information content (AvgIpc) is 3.47. The van der Waals surface area contributed by atoms with Crippen LogP contribution < -0.4 is 0 Å². The molecule has 1 atom stereocenters. The SMILES string of the molecule is O=C(c1cccs1)N(Cc1nccn1Cc1ccc(F)c(F)c1)CC1CCCO1. The van der Waals surface area contributed by atoms with E-state index in [4.69, 9.17) is 4.74 Å². The van der Waals surface area contributed by atoms with E-state index in [1.807, 2.05) is 22.1 Å². The average molecular weight is 417 g/mol. The normalized spacial score (nSPS) is 16.3. The highest BCUT2D eigenvalue weighted by Crippen LogP contribution is 2.19. The van der Waals surface area contributed by atoms with Gasteiger partial charge in [0.15, 0.2) is 11.6 Å². The Balaban J connectivity index is 1.53. The molecule has 8 heteroatoms. The molecule has 1 aliphatic rings. The molecule has 0 spiro atoms. The van der Waals surface area contributed by atoms with Gasteiger partial charge in [-0.25, -0.2) is 13.8 Å². The van der Waals surface area contributed by atoms with E-state index in [0.717, 1.165) is 25.5 Å². The van der Waals surface area contributed by atoms with Crippen molar-refractivity contribution in [2.75, 3.05) is 13.2 Å². The van der Waals surface area contributed by atoms with Crippen LogP contribution in [-0.4, -0.2) is 39.6 Å². The second kappa shape index (κ2) is 8.84. The highest BCUT2D eigenvalue weighted by atomic mass is 32.1. The number of aromatic nitrogens is 2. The zero-order chi connectivity index (χ0) is 20.2. The van der Waals surface area contributed by atoms with Crippen molar-refractivity contribution in [1.29, 1.82) is 0 Å². The monoisotopic (exact) mass is 417 g/mol. The predicted molar refractivity (Wildman–Crippen MR) is 106 cm³/mol. The molecule has 1 aromatic carbocycles. The molecule has 1 saturated heterocycles. The van der Waals surface area contributed by atoms with Gasteiger partial charge in [-0.05, 0) is 42.0 Å². The summed E-state index contributed by atoms with van der Waals surface area (Å²) in [6, 6.07) is 7.50. The minimum absolute atomic E-state index is 0.0218. The van der Waals surface area contributed by atoms with Crippen molar-refractivity contribution >= 4 is 17.2 Å². The number of carbonyl (C=O) groups excluding carboxylic acids is 1. The Morgan fingerprint density at radius 3 is 2.93 bits per heavy atom. The maximum atomic E-state index is 13.5. The van der Waals surface area contributed by atoms with Crippen LogP contribution in [0, 0.1) is 11.6 Å². The van der Waals surface area contributed by atoms with Crippen LogP contribution in [0.2, 0.25) is 0 Å². The molecule has 0 N–H and O–H groups in total. The first kappa shape index (κ1) is 19.7. The number of ether oxygens (including phenoxy) is 1. The van der Waals surface area contributed by atoms with Gasteiger partial charge < -0.3 is 14.2 Å². The lowest BCUT2D eigenvalue weighted by atomic mass is 10.2. The number of rotatable bonds is 7. The van der Waals surface area contributed by atoms with E-state index < -0.39 is 11.6 Å². The lowest BCUT2D eigenvalue weighted by Gasteiger charge is -2.25. The zero-order valence-corrected chi connectivity index (χ0v) is 16.6. The van der Waals surface area contributed by atoms with Crippen LogP contribution in [0.15, 0.2) is 48.1 Å². The molecular formula is C21H21F2N3O2S. The van der Waals surface area contributed by atoms with Crippen LogP contribution in [0.1, 0.15) is 33.9 Å². The highest BCUT2D eigenvalue weighted by Gasteiger charge is 2.25. The molecule has 0 aliphatic carbocycles. The number of benzene rings is 1. The van der Waals surface area contributed by atoms with Gasteiger partial charge in [0.2, 0.25) is 0 Å². The number of hydrogen-bond donors (Lipinski definition) is 0. The minimum Gasteiger partial charge on any atom is -0.376 e. The van der Waals surface area contributed by atoms with Gasteiger partial charge in [-0.2, -0.15) is 0 Å². The van der Waals surface area contributed by atoms with E-state index in [0.29, 0.717) is 35.9 Å². The van der Waals surface area contributed by atoms with E-state index in [2.05, 4.69) is 4.98 Å². The Kier molecular flexibility index (Phi) is 6.01. The molecule has 1 fully saturated rings. The molecule has 1 unspecified atom stereocenters. The van der Waals surface area contributed by atoms with Crippen LogP contribution in [0.3, 0.4) is 0 Å². The summed E-state index contributed by atoms with van der Waals surface area (Å²) in [5.41, 5.74) is 0.624. The van der Waals surface area contributed by atoms with Crippen LogP contribution in [-0.2, 0) is 17.8 Å². The second-order valence-electron chi connectivity index (χ2n) is 7.02. The van der Waals surface area contributed by atoms with Gasteiger partial charge in [-0.1, -0.05) is 12.1 Å². The molecule has 0 bridgehead atoms. The van der Waals surface area contributed by atoms with Gasteiger partial charge in [-0.15, -0.1) is 11.3 Å². The molecule has 0 radical (unpaired) electrons. The number of halogens is 2. The van der Waals surface area contributed by atoms with Crippen LogP contribution >= 0.6 is 11.3 Å². The zero-order valence-electron chi connectivity index (χ0n) is 15.8. The van der Waals surface area contributed by atoms with Gasteiger partial charge in [-0.3, -0.25) is 4.79 Å². The molecule has 29 heavy (non-hydrogen) atoms. The third kappa shape index (κ3) is 4.71. The van der Waals surface area contributed by atoms with Gasteiger partial charge in [0, 0.05) is 32.1 Å². The van der Waals surface area contributed by atoms with Crippen LogP contribution in [0.5, 0.6) is 0 Å². The smallest absolute Gasteiger partial charge is 0.264 e. The number of amides is 1. The van der Waals surface area contributed by atoms with Crippen LogP contribution in [0.4, 0.5) is 8.78 Å². The first-order valence-corrected chi connectivity index (χ1v) is 10.4. The second-order valence-corrected chi connectivity index (χ2v) is 7.97. The molecule has 152 valence electrons. The minimum atomic E-state index is -0.878. The summed E-state index contributed by atoms with van der Waals surface area (Å²) in [7, 11) is 0. The van der Waals surface area contributed by atoms with Crippen LogP contribution in [0.25, 0.3) is 0 Å². The van der Waals surface area contributed by atoms with E-state index >= 15 is 0 Å². The maximum absolute atomic E-state index is 13.5. The molecule has 4 rings (SSSR count). The number of nitrogens with zero attached hydrogens (tertiary/aromatic N) is 3. The van der Waals surface area contributed by atoms with Gasteiger partial charge in [0.1, 0.15) is 5.82 Å². The fourth-order valence-corrected chi connectivity index (χ4v) is 4.14. The Labute approximate surface area is 171 Å². The molecule has 3 heterocycles. The van der Waals surface area contributed by atoms with Crippen molar-refractivity contribution in [2.24, 2.45) is 0 Å². The third-order valence-electron chi connectivity index (χ3n) is 4.94. The number of thiophene rings is 1. The molecule has 5 nitrogen and oxygen atoms in total. The molecule has 2 aromatic heterocycles. The fourth-order valence-electron chi connectivity index (χ4n) is 3.45. The Hall–Kier alpha value is -2.58. The van der Waals surface area contributed by atoms with Gasteiger partial charge in [0.05, 0.1) is 17.5 Å². The summed E-state index contributed by atoms with van der Waals surface area (Å²) in [6.45, 7) is 1.87. The topological polar surface area (TPSA) is 47.4 Å². The molecule has 3 aromatic rings. The van der Waals surface area contributed by atoms with E-state index in [1.54, 1.807) is 23.4 Å². The molecule has 1 amide bonds. The Morgan fingerprint density at radius 1 is 1.31 bits per heavy atom. The summed E-state index contributed by atoms with van der Waals surface area (Å²) in [5, 5.41) is 1.88. The summed E-state index contributed by atoms with van der Waals surface area (Å²) < 4.78 is 34.3. The predicted octanol–water partition coefficient (Wildman–Crippen LogP) is 4.09. The van der Waals surface area contributed by atoms with Crippen molar-refractivity contribution in [1.82, 2.24) is 14.5 Å². The van der Waals surface area contributed by atoms with Gasteiger partial charge in [0.25, 0.3) is 5.91 Å². The molecular weight excluding hydrogens is 396 g/mol. The van der Waals surface area contributed by atoms with E-state index in [-0.39, 0.29) is 12.0 Å². The van der Waals surface area contributed by atoms with Crippen molar-refractivity contribution < 1.29 is 18.3 Å². The Morgan fingerprint density at radius 2 is 2.21 bits per heavy atom.